The normalized spacial score (nSPS) is 21.4. The molecule has 0 aromatic carbocycles. The molecule has 0 amide bonds. The van der Waals surface area contributed by atoms with Crippen LogP contribution in [0.2, 0.25) is 0 Å². The number of rotatable bonds is 9. The van der Waals surface area contributed by atoms with Crippen LogP contribution < -0.4 is 0 Å². The molecule has 1 fully saturated rings. The number of carbonyl (C=O) groups is 1. The number of ether oxygens (including phenoxy) is 2. The Bertz CT molecular complexity index is 263. The summed E-state index contributed by atoms with van der Waals surface area (Å²) in [5.74, 6) is 0. The molecule has 104 valence electrons. The maximum atomic E-state index is 11.4. The van der Waals surface area contributed by atoms with E-state index in [9.17, 15) is 4.79 Å². The van der Waals surface area contributed by atoms with E-state index in [-0.39, 0.29) is 6.10 Å². The van der Waals surface area contributed by atoms with Crippen LogP contribution in [0.3, 0.4) is 0 Å². The maximum absolute atomic E-state index is 11.4. The van der Waals surface area contributed by atoms with Crippen molar-refractivity contribution >= 4 is 6.16 Å². The van der Waals surface area contributed by atoms with Crippen molar-refractivity contribution in [3.8, 4) is 0 Å². The van der Waals surface area contributed by atoms with Gasteiger partial charge in [0.25, 0.3) is 0 Å². The molecule has 1 aliphatic heterocycles. The van der Waals surface area contributed by atoms with Gasteiger partial charge in [-0.1, -0.05) is 46.1 Å². The van der Waals surface area contributed by atoms with Crippen molar-refractivity contribution in [3.63, 3.8) is 0 Å². The van der Waals surface area contributed by atoms with Crippen LogP contribution in [0.25, 0.3) is 0 Å². The Balaban J connectivity index is 2.65. The molecule has 3 nitrogen and oxygen atoms in total. The van der Waals surface area contributed by atoms with Crippen LogP contribution in [0.5, 0.6) is 0 Å². The van der Waals surface area contributed by atoms with E-state index in [1.807, 2.05) is 0 Å². The maximum Gasteiger partial charge on any atom is 0.509 e. The van der Waals surface area contributed by atoms with Gasteiger partial charge in [0, 0.05) is 0 Å². The van der Waals surface area contributed by atoms with Gasteiger partial charge in [-0.15, -0.1) is 0 Å². The van der Waals surface area contributed by atoms with Crippen molar-refractivity contribution in [1.29, 1.82) is 0 Å². The van der Waals surface area contributed by atoms with Crippen LogP contribution in [-0.2, 0) is 9.47 Å². The Labute approximate surface area is 111 Å². The lowest BCUT2D eigenvalue weighted by Gasteiger charge is -2.29. The third-order valence-corrected chi connectivity index (χ3v) is 3.65. The lowest BCUT2D eigenvalue weighted by Crippen LogP contribution is -2.38. The second-order valence-electron chi connectivity index (χ2n) is 5.11. The van der Waals surface area contributed by atoms with Gasteiger partial charge in [0.1, 0.15) is 0 Å². The zero-order chi connectivity index (χ0) is 13.4. The van der Waals surface area contributed by atoms with E-state index in [2.05, 4.69) is 20.4 Å². The molecule has 1 heterocycles. The molecular formula is C15H26O3. The van der Waals surface area contributed by atoms with E-state index >= 15 is 0 Å². The highest BCUT2D eigenvalue weighted by Crippen LogP contribution is 2.37. The molecule has 0 spiro atoms. The summed E-state index contributed by atoms with van der Waals surface area (Å²) in [6.07, 6.45) is 9.47. The average molecular weight is 254 g/mol. The van der Waals surface area contributed by atoms with Gasteiger partial charge in [-0.25, -0.2) is 4.79 Å². The SMILES string of the molecule is C=CC1OC(=O)OC1(CCCCC)CCCCC. The summed E-state index contributed by atoms with van der Waals surface area (Å²) in [6, 6.07) is 0. The predicted octanol–water partition coefficient (Wildman–Crippen LogP) is 4.61. The highest BCUT2D eigenvalue weighted by atomic mass is 16.8. The lowest BCUT2D eigenvalue weighted by atomic mass is 9.85. The van der Waals surface area contributed by atoms with Crippen molar-refractivity contribution in [3.05, 3.63) is 12.7 Å². The third kappa shape index (κ3) is 3.76. The summed E-state index contributed by atoms with van der Waals surface area (Å²) >= 11 is 0. The molecule has 3 heteroatoms. The summed E-state index contributed by atoms with van der Waals surface area (Å²) in [4.78, 5) is 11.4. The Hall–Kier alpha value is -0.990. The monoisotopic (exact) mass is 254 g/mol. The van der Waals surface area contributed by atoms with E-state index in [0.717, 1.165) is 38.5 Å². The van der Waals surface area contributed by atoms with Gasteiger partial charge in [-0.2, -0.15) is 0 Å². The summed E-state index contributed by atoms with van der Waals surface area (Å²) in [6.45, 7) is 8.12. The molecule has 18 heavy (non-hydrogen) atoms. The van der Waals surface area contributed by atoms with Crippen molar-refractivity contribution in [2.45, 2.75) is 76.9 Å². The minimum Gasteiger partial charge on any atom is -0.423 e. The van der Waals surface area contributed by atoms with Crippen molar-refractivity contribution in [2.24, 2.45) is 0 Å². The molecule has 0 radical (unpaired) electrons. The molecule has 0 aromatic rings. The molecule has 0 aromatic heterocycles. The second kappa shape index (κ2) is 7.45. The second-order valence-corrected chi connectivity index (χ2v) is 5.11. The summed E-state index contributed by atoms with van der Waals surface area (Å²) in [7, 11) is 0. The van der Waals surface area contributed by atoms with Crippen LogP contribution in [0, 0.1) is 0 Å². The van der Waals surface area contributed by atoms with Crippen LogP contribution in [-0.4, -0.2) is 17.9 Å². The fourth-order valence-electron chi connectivity index (χ4n) is 2.58. The van der Waals surface area contributed by atoms with E-state index in [1.54, 1.807) is 6.08 Å². The van der Waals surface area contributed by atoms with E-state index in [1.165, 1.54) is 12.8 Å². The first kappa shape index (κ1) is 15.1. The number of unbranched alkanes of at least 4 members (excludes halogenated alkanes) is 4. The molecule has 0 N–H and O–H groups in total. The minimum atomic E-state index is -0.534. The van der Waals surface area contributed by atoms with E-state index in [4.69, 9.17) is 9.47 Å². The summed E-state index contributed by atoms with van der Waals surface area (Å²) in [5, 5.41) is 0. The molecular weight excluding hydrogens is 228 g/mol. The van der Waals surface area contributed by atoms with Gasteiger partial charge in [-0.05, 0) is 31.8 Å². The van der Waals surface area contributed by atoms with Crippen molar-refractivity contribution in [2.75, 3.05) is 0 Å². The van der Waals surface area contributed by atoms with Gasteiger partial charge in [0.05, 0.1) is 0 Å². The third-order valence-electron chi connectivity index (χ3n) is 3.65. The first-order chi connectivity index (χ1) is 8.68. The number of carbonyl (C=O) groups excluding carboxylic acids is 1. The predicted molar refractivity (Wildman–Crippen MR) is 72.6 cm³/mol. The van der Waals surface area contributed by atoms with E-state index in [0.29, 0.717) is 0 Å². The molecule has 1 rings (SSSR count). The zero-order valence-electron chi connectivity index (χ0n) is 11.7. The smallest absolute Gasteiger partial charge is 0.423 e. The average Bonchev–Trinajstić information content (AvgIpc) is 2.67. The van der Waals surface area contributed by atoms with Crippen molar-refractivity contribution < 1.29 is 14.3 Å². The van der Waals surface area contributed by atoms with Gasteiger partial charge in [0.15, 0.2) is 11.7 Å². The molecule has 1 unspecified atom stereocenters. The summed E-state index contributed by atoms with van der Waals surface area (Å²) < 4.78 is 10.7. The Morgan fingerprint density at radius 2 is 1.72 bits per heavy atom. The molecule has 0 saturated carbocycles. The molecule has 1 aliphatic rings. The Morgan fingerprint density at radius 3 is 2.17 bits per heavy atom. The minimum absolute atomic E-state index is 0.279. The van der Waals surface area contributed by atoms with Gasteiger partial charge in [-0.3, -0.25) is 0 Å². The molecule has 1 atom stereocenters. The number of hydrogen-bond donors (Lipinski definition) is 0. The molecule has 0 bridgehead atoms. The lowest BCUT2D eigenvalue weighted by molar-refractivity contribution is 0.0224. The van der Waals surface area contributed by atoms with Crippen LogP contribution >= 0.6 is 0 Å². The van der Waals surface area contributed by atoms with Crippen LogP contribution in [0.4, 0.5) is 4.79 Å². The van der Waals surface area contributed by atoms with Gasteiger partial charge < -0.3 is 9.47 Å². The zero-order valence-corrected chi connectivity index (χ0v) is 11.7. The highest BCUT2D eigenvalue weighted by Gasteiger charge is 2.48. The Morgan fingerprint density at radius 1 is 1.17 bits per heavy atom. The molecule has 1 saturated heterocycles. The van der Waals surface area contributed by atoms with E-state index < -0.39 is 11.8 Å². The van der Waals surface area contributed by atoms with Crippen molar-refractivity contribution in [1.82, 2.24) is 0 Å². The summed E-state index contributed by atoms with van der Waals surface area (Å²) in [5.41, 5.74) is -0.455. The topological polar surface area (TPSA) is 35.5 Å². The quantitative estimate of drug-likeness (QED) is 0.342. The van der Waals surface area contributed by atoms with Crippen LogP contribution in [0.1, 0.15) is 65.2 Å². The number of hydrogen-bond acceptors (Lipinski definition) is 3. The van der Waals surface area contributed by atoms with Gasteiger partial charge >= 0.3 is 6.16 Å². The largest absolute Gasteiger partial charge is 0.509 e. The molecule has 0 aliphatic carbocycles. The first-order valence-electron chi connectivity index (χ1n) is 7.20. The van der Waals surface area contributed by atoms with Gasteiger partial charge in [0.2, 0.25) is 0 Å². The van der Waals surface area contributed by atoms with Crippen LogP contribution in [0.15, 0.2) is 12.7 Å². The fourth-order valence-corrected chi connectivity index (χ4v) is 2.58. The highest BCUT2D eigenvalue weighted by molar-refractivity contribution is 5.64. The first-order valence-corrected chi connectivity index (χ1v) is 7.20. The fraction of sp³-hybridized carbons (Fsp3) is 0.800. The number of cyclic esters (lactones) is 2. The standard InChI is InChI=1S/C15H26O3/c1-4-7-9-11-15(12-10-8-5-2)13(6-3)17-14(16)18-15/h6,13H,3-5,7-12H2,1-2H3. The Kier molecular flexibility index (Phi) is 6.23.